The average molecular weight is 279 g/mol. The van der Waals surface area contributed by atoms with Crippen LogP contribution in [0.4, 0.5) is 10.1 Å². The number of aromatic carboxylic acids is 1. The highest BCUT2D eigenvalue weighted by Gasteiger charge is 2.10. The van der Waals surface area contributed by atoms with Crippen molar-refractivity contribution >= 4 is 11.7 Å². The van der Waals surface area contributed by atoms with Crippen molar-refractivity contribution in [3.8, 4) is 5.75 Å². The molecule has 0 unspecified atom stereocenters. The van der Waals surface area contributed by atoms with Crippen molar-refractivity contribution in [3.05, 3.63) is 47.7 Å². The maximum Gasteiger partial charge on any atom is 0.371 e. The Hall–Kier alpha value is -2.50. The molecule has 2 N–H and O–H groups in total. The van der Waals surface area contributed by atoms with Crippen LogP contribution in [-0.2, 0) is 6.54 Å². The lowest BCUT2D eigenvalue weighted by atomic mass is 10.2. The van der Waals surface area contributed by atoms with Crippen LogP contribution in [0.3, 0.4) is 0 Å². The highest BCUT2D eigenvalue weighted by Crippen LogP contribution is 2.26. The number of ether oxygens (including phenoxy) is 1. The molecule has 20 heavy (non-hydrogen) atoms. The number of furan rings is 1. The molecular formula is C14H14FNO4. The molecule has 0 bridgehead atoms. The molecule has 2 rings (SSSR count). The summed E-state index contributed by atoms with van der Waals surface area (Å²) in [4.78, 5) is 10.7. The van der Waals surface area contributed by atoms with E-state index in [1.165, 1.54) is 18.2 Å². The molecule has 0 aliphatic carbocycles. The monoisotopic (exact) mass is 279 g/mol. The van der Waals surface area contributed by atoms with Crippen LogP contribution in [0.1, 0.15) is 23.2 Å². The van der Waals surface area contributed by atoms with Crippen molar-refractivity contribution < 1.29 is 23.4 Å². The predicted octanol–water partition coefficient (Wildman–Crippen LogP) is 3.13. The van der Waals surface area contributed by atoms with E-state index >= 15 is 0 Å². The van der Waals surface area contributed by atoms with E-state index in [-0.39, 0.29) is 18.1 Å². The van der Waals surface area contributed by atoms with E-state index in [4.69, 9.17) is 14.3 Å². The lowest BCUT2D eigenvalue weighted by molar-refractivity contribution is 0.0660. The highest BCUT2D eigenvalue weighted by molar-refractivity contribution is 5.84. The van der Waals surface area contributed by atoms with Crippen molar-refractivity contribution in [2.24, 2.45) is 0 Å². The molecule has 0 radical (unpaired) electrons. The number of nitrogens with one attached hydrogen (secondary N) is 1. The topological polar surface area (TPSA) is 71.7 Å². The van der Waals surface area contributed by atoms with E-state index in [1.807, 2.05) is 0 Å². The van der Waals surface area contributed by atoms with Gasteiger partial charge in [-0.05, 0) is 31.2 Å². The first-order valence-corrected chi connectivity index (χ1v) is 6.08. The Balaban J connectivity index is 2.07. The van der Waals surface area contributed by atoms with Crippen LogP contribution in [-0.4, -0.2) is 17.7 Å². The van der Waals surface area contributed by atoms with Crippen LogP contribution in [0, 0.1) is 5.82 Å². The van der Waals surface area contributed by atoms with Gasteiger partial charge in [-0.1, -0.05) is 0 Å². The number of benzene rings is 1. The third-order valence-electron chi connectivity index (χ3n) is 2.57. The molecule has 0 aliphatic heterocycles. The second kappa shape index (κ2) is 6.10. The summed E-state index contributed by atoms with van der Waals surface area (Å²) in [6.45, 7) is 2.50. The number of carboxylic acids is 1. The summed E-state index contributed by atoms with van der Waals surface area (Å²) in [6, 6.07) is 7.11. The second-order valence-corrected chi connectivity index (χ2v) is 4.00. The standard InChI is InChI=1S/C14H14FNO4/c1-2-19-13-7-9(15)3-5-11(13)16-8-10-4-6-12(20-10)14(17)18/h3-7,16H,2,8H2,1H3,(H,17,18). The van der Waals surface area contributed by atoms with Gasteiger partial charge in [-0.15, -0.1) is 0 Å². The number of carbonyl (C=O) groups is 1. The first-order valence-electron chi connectivity index (χ1n) is 6.08. The first kappa shape index (κ1) is 13.9. The fraction of sp³-hybridized carbons (Fsp3) is 0.214. The van der Waals surface area contributed by atoms with E-state index < -0.39 is 5.97 Å². The van der Waals surface area contributed by atoms with Gasteiger partial charge in [-0.25, -0.2) is 9.18 Å². The molecule has 0 saturated carbocycles. The van der Waals surface area contributed by atoms with E-state index in [0.29, 0.717) is 23.8 Å². The third kappa shape index (κ3) is 3.28. The average Bonchev–Trinajstić information content (AvgIpc) is 2.87. The zero-order valence-corrected chi connectivity index (χ0v) is 10.9. The van der Waals surface area contributed by atoms with Crippen LogP contribution >= 0.6 is 0 Å². The maximum atomic E-state index is 13.1. The summed E-state index contributed by atoms with van der Waals surface area (Å²) in [6.07, 6.45) is 0. The normalized spacial score (nSPS) is 10.3. The van der Waals surface area contributed by atoms with E-state index in [0.717, 1.165) is 0 Å². The summed E-state index contributed by atoms with van der Waals surface area (Å²) in [5, 5.41) is 11.8. The summed E-state index contributed by atoms with van der Waals surface area (Å²) in [5.74, 6) is -0.754. The number of halogens is 1. The lowest BCUT2D eigenvalue weighted by Gasteiger charge is -2.11. The van der Waals surface area contributed by atoms with E-state index in [1.54, 1.807) is 19.1 Å². The van der Waals surface area contributed by atoms with Gasteiger partial charge in [-0.3, -0.25) is 0 Å². The Bertz CT molecular complexity index is 609. The van der Waals surface area contributed by atoms with Gasteiger partial charge in [0.2, 0.25) is 5.76 Å². The summed E-state index contributed by atoms with van der Waals surface area (Å²) in [5.41, 5.74) is 0.613. The first-order chi connectivity index (χ1) is 9.60. The molecule has 0 saturated heterocycles. The molecule has 0 fully saturated rings. The number of hydrogen-bond acceptors (Lipinski definition) is 4. The Kier molecular flexibility index (Phi) is 4.24. The molecule has 6 heteroatoms. The van der Waals surface area contributed by atoms with Crippen molar-refractivity contribution in [2.45, 2.75) is 13.5 Å². The fourth-order valence-electron chi connectivity index (χ4n) is 1.69. The zero-order chi connectivity index (χ0) is 14.5. The van der Waals surface area contributed by atoms with Gasteiger partial charge in [0.1, 0.15) is 17.3 Å². The predicted molar refractivity (Wildman–Crippen MR) is 70.6 cm³/mol. The van der Waals surface area contributed by atoms with Crippen molar-refractivity contribution in [1.29, 1.82) is 0 Å². The van der Waals surface area contributed by atoms with Crippen LogP contribution in [0.25, 0.3) is 0 Å². The van der Waals surface area contributed by atoms with Gasteiger partial charge in [-0.2, -0.15) is 0 Å². The van der Waals surface area contributed by atoms with Gasteiger partial charge >= 0.3 is 5.97 Å². The molecule has 2 aromatic rings. The van der Waals surface area contributed by atoms with Gasteiger partial charge in [0, 0.05) is 6.07 Å². The molecule has 0 aliphatic rings. The summed E-state index contributed by atoms with van der Waals surface area (Å²) >= 11 is 0. The van der Waals surface area contributed by atoms with Gasteiger partial charge < -0.3 is 19.6 Å². The minimum absolute atomic E-state index is 0.120. The van der Waals surface area contributed by atoms with Crippen LogP contribution < -0.4 is 10.1 Å². The summed E-state index contributed by atoms with van der Waals surface area (Å²) in [7, 11) is 0. The van der Waals surface area contributed by atoms with Crippen molar-refractivity contribution in [3.63, 3.8) is 0 Å². The molecule has 0 amide bonds. The quantitative estimate of drug-likeness (QED) is 0.850. The van der Waals surface area contributed by atoms with E-state index in [9.17, 15) is 9.18 Å². The van der Waals surface area contributed by atoms with E-state index in [2.05, 4.69) is 5.32 Å². The molecule has 0 atom stereocenters. The van der Waals surface area contributed by atoms with Crippen LogP contribution in [0.15, 0.2) is 34.7 Å². The SMILES string of the molecule is CCOc1cc(F)ccc1NCc1ccc(C(=O)O)o1. The van der Waals surface area contributed by atoms with Gasteiger partial charge in [0.15, 0.2) is 0 Å². The van der Waals surface area contributed by atoms with Crippen LogP contribution in [0.2, 0.25) is 0 Å². The number of anilines is 1. The third-order valence-corrected chi connectivity index (χ3v) is 2.57. The number of carboxylic acid groups (broad SMARTS) is 1. The largest absolute Gasteiger partial charge is 0.492 e. The Labute approximate surface area is 115 Å². The lowest BCUT2D eigenvalue weighted by Crippen LogP contribution is -2.02. The smallest absolute Gasteiger partial charge is 0.371 e. The molecule has 1 heterocycles. The zero-order valence-electron chi connectivity index (χ0n) is 10.9. The molecule has 0 spiro atoms. The van der Waals surface area contributed by atoms with Crippen LogP contribution in [0.5, 0.6) is 5.75 Å². The number of rotatable bonds is 6. The molecule has 1 aromatic heterocycles. The molecule has 106 valence electrons. The minimum atomic E-state index is -1.12. The Morgan fingerprint density at radius 3 is 2.85 bits per heavy atom. The molecular weight excluding hydrogens is 265 g/mol. The Morgan fingerprint density at radius 2 is 2.20 bits per heavy atom. The van der Waals surface area contributed by atoms with Crippen molar-refractivity contribution in [2.75, 3.05) is 11.9 Å². The van der Waals surface area contributed by atoms with Gasteiger partial charge in [0.05, 0.1) is 18.8 Å². The van der Waals surface area contributed by atoms with Gasteiger partial charge in [0.25, 0.3) is 0 Å². The maximum absolute atomic E-state index is 13.1. The Morgan fingerprint density at radius 1 is 1.40 bits per heavy atom. The molecule has 1 aromatic carbocycles. The van der Waals surface area contributed by atoms with Crippen molar-refractivity contribution in [1.82, 2.24) is 0 Å². The minimum Gasteiger partial charge on any atom is -0.492 e. The number of hydrogen-bond donors (Lipinski definition) is 2. The molecule has 5 nitrogen and oxygen atoms in total. The fourth-order valence-corrected chi connectivity index (χ4v) is 1.69. The highest BCUT2D eigenvalue weighted by atomic mass is 19.1. The second-order valence-electron chi connectivity index (χ2n) is 4.00. The summed E-state index contributed by atoms with van der Waals surface area (Å²) < 4.78 is 23.6.